The Bertz CT molecular complexity index is 405. The molecule has 5 heteroatoms. The van der Waals surface area contributed by atoms with E-state index in [0.717, 1.165) is 48.9 Å². The van der Waals surface area contributed by atoms with Crippen LogP contribution in [0.1, 0.15) is 37.6 Å². The second-order valence-electron chi connectivity index (χ2n) is 5.15. The molecular weight excluding hydrogens is 294 g/mol. The van der Waals surface area contributed by atoms with Gasteiger partial charge < -0.3 is 10.4 Å². The Balaban J connectivity index is 1.85. The number of aryl methyl sites for hydroxylation is 2. The Kier molecular flexibility index (Phi) is 4.81. The lowest BCUT2D eigenvalue weighted by Crippen LogP contribution is -2.22. The summed E-state index contributed by atoms with van der Waals surface area (Å²) < 4.78 is 3.07. The fourth-order valence-electron chi connectivity index (χ4n) is 2.64. The van der Waals surface area contributed by atoms with E-state index in [1.54, 1.807) is 0 Å². The first-order valence-corrected chi connectivity index (χ1v) is 7.50. The summed E-state index contributed by atoms with van der Waals surface area (Å²) in [6.07, 6.45) is 3.91. The zero-order valence-corrected chi connectivity index (χ0v) is 12.7. The second kappa shape index (κ2) is 6.17. The zero-order chi connectivity index (χ0) is 13.1. The minimum Gasteiger partial charge on any atom is -0.393 e. The molecule has 0 aromatic carbocycles. The highest BCUT2D eigenvalue weighted by Crippen LogP contribution is 2.25. The topological polar surface area (TPSA) is 50.1 Å². The molecule has 1 aromatic heterocycles. The number of hydrogen-bond acceptors (Lipinski definition) is 3. The predicted octanol–water partition coefficient (Wildman–Crippen LogP) is 2.00. The molecule has 2 rings (SSSR count). The fourth-order valence-corrected chi connectivity index (χ4v) is 3.40. The third-order valence-corrected chi connectivity index (χ3v) is 4.66. The minimum absolute atomic E-state index is 0.0769. The van der Waals surface area contributed by atoms with Gasteiger partial charge in [0.2, 0.25) is 0 Å². The monoisotopic (exact) mass is 315 g/mol. The lowest BCUT2D eigenvalue weighted by Gasteiger charge is -2.11. The van der Waals surface area contributed by atoms with E-state index in [0.29, 0.717) is 5.92 Å². The molecule has 1 heterocycles. The van der Waals surface area contributed by atoms with E-state index < -0.39 is 0 Å². The van der Waals surface area contributed by atoms with Gasteiger partial charge in [0.25, 0.3) is 0 Å². The van der Waals surface area contributed by atoms with Crippen LogP contribution in [0, 0.1) is 5.92 Å². The molecule has 0 amide bonds. The van der Waals surface area contributed by atoms with Crippen LogP contribution in [0.3, 0.4) is 0 Å². The number of aliphatic hydroxyl groups is 1. The Morgan fingerprint density at radius 1 is 1.50 bits per heavy atom. The van der Waals surface area contributed by atoms with E-state index in [1.807, 2.05) is 11.7 Å². The van der Waals surface area contributed by atoms with Crippen molar-refractivity contribution in [1.82, 2.24) is 15.1 Å². The normalized spacial score (nSPS) is 23.8. The van der Waals surface area contributed by atoms with E-state index in [9.17, 15) is 5.11 Å². The lowest BCUT2D eigenvalue weighted by molar-refractivity contribution is 0.177. The SMILES string of the molecule is CCc1nn(C)c(CNCC2CCC(O)C2)c1Br. The number of halogens is 1. The van der Waals surface area contributed by atoms with Crippen LogP contribution in [-0.2, 0) is 20.0 Å². The summed E-state index contributed by atoms with van der Waals surface area (Å²) in [7, 11) is 1.99. The maximum Gasteiger partial charge on any atom is 0.0767 e. The first-order valence-electron chi connectivity index (χ1n) is 6.70. The maximum atomic E-state index is 9.49. The molecule has 1 aromatic rings. The van der Waals surface area contributed by atoms with Crippen molar-refractivity contribution in [1.29, 1.82) is 0 Å². The quantitative estimate of drug-likeness (QED) is 0.873. The number of nitrogens with one attached hydrogen (secondary N) is 1. The fraction of sp³-hybridized carbons (Fsp3) is 0.769. The van der Waals surface area contributed by atoms with Gasteiger partial charge in [0.15, 0.2) is 0 Å². The molecule has 0 radical (unpaired) electrons. The molecule has 2 unspecified atom stereocenters. The van der Waals surface area contributed by atoms with Crippen molar-refractivity contribution in [2.24, 2.45) is 13.0 Å². The van der Waals surface area contributed by atoms with Crippen molar-refractivity contribution < 1.29 is 5.11 Å². The number of aliphatic hydroxyl groups excluding tert-OH is 1. The van der Waals surface area contributed by atoms with Crippen molar-refractivity contribution in [3.63, 3.8) is 0 Å². The van der Waals surface area contributed by atoms with Gasteiger partial charge in [-0.25, -0.2) is 0 Å². The van der Waals surface area contributed by atoms with Crippen LogP contribution in [-0.4, -0.2) is 27.5 Å². The molecule has 18 heavy (non-hydrogen) atoms. The van der Waals surface area contributed by atoms with Gasteiger partial charge in [0.1, 0.15) is 0 Å². The van der Waals surface area contributed by atoms with Crippen LogP contribution < -0.4 is 5.32 Å². The lowest BCUT2D eigenvalue weighted by atomic mass is 10.1. The molecular formula is C13H22BrN3O. The van der Waals surface area contributed by atoms with Gasteiger partial charge in [0, 0.05) is 13.6 Å². The molecule has 0 aliphatic heterocycles. The number of hydrogen-bond donors (Lipinski definition) is 2. The highest BCUT2D eigenvalue weighted by molar-refractivity contribution is 9.10. The van der Waals surface area contributed by atoms with E-state index in [-0.39, 0.29) is 6.10 Å². The van der Waals surface area contributed by atoms with Crippen molar-refractivity contribution in [2.45, 2.75) is 45.3 Å². The van der Waals surface area contributed by atoms with Crippen LogP contribution in [0.4, 0.5) is 0 Å². The van der Waals surface area contributed by atoms with Crippen LogP contribution in [0.2, 0.25) is 0 Å². The number of aromatic nitrogens is 2. The first-order chi connectivity index (χ1) is 8.61. The average Bonchev–Trinajstić information content (AvgIpc) is 2.86. The summed E-state index contributed by atoms with van der Waals surface area (Å²) in [5.41, 5.74) is 2.32. The summed E-state index contributed by atoms with van der Waals surface area (Å²) in [6, 6.07) is 0. The van der Waals surface area contributed by atoms with Crippen LogP contribution in [0.5, 0.6) is 0 Å². The third kappa shape index (κ3) is 3.13. The summed E-state index contributed by atoms with van der Waals surface area (Å²) in [6.45, 7) is 3.93. The van der Waals surface area contributed by atoms with E-state index in [2.05, 4.69) is 33.3 Å². The maximum absolute atomic E-state index is 9.49. The molecule has 1 aliphatic carbocycles. The summed E-state index contributed by atoms with van der Waals surface area (Å²) in [4.78, 5) is 0. The zero-order valence-electron chi connectivity index (χ0n) is 11.1. The Morgan fingerprint density at radius 3 is 2.83 bits per heavy atom. The largest absolute Gasteiger partial charge is 0.393 e. The van der Waals surface area contributed by atoms with Gasteiger partial charge in [-0.15, -0.1) is 0 Å². The van der Waals surface area contributed by atoms with Crippen molar-refractivity contribution in [2.75, 3.05) is 6.54 Å². The van der Waals surface area contributed by atoms with Crippen molar-refractivity contribution >= 4 is 15.9 Å². The molecule has 1 aliphatic rings. The third-order valence-electron chi connectivity index (χ3n) is 3.74. The highest BCUT2D eigenvalue weighted by Gasteiger charge is 2.22. The van der Waals surface area contributed by atoms with Crippen LogP contribution in [0.25, 0.3) is 0 Å². The second-order valence-corrected chi connectivity index (χ2v) is 5.94. The molecule has 2 atom stereocenters. The van der Waals surface area contributed by atoms with Crippen molar-refractivity contribution in [3.8, 4) is 0 Å². The Hall–Kier alpha value is -0.390. The van der Waals surface area contributed by atoms with E-state index >= 15 is 0 Å². The molecule has 1 fully saturated rings. The summed E-state index contributed by atoms with van der Waals surface area (Å²) in [5, 5.41) is 17.5. The van der Waals surface area contributed by atoms with Crippen LogP contribution >= 0.6 is 15.9 Å². The predicted molar refractivity (Wildman–Crippen MR) is 75.3 cm³/mol. The Labute approximate surface area is 117 Å². The number of nitrogens with zero attached hydrogens (tertiary/aromatic N) is 2. The first kappa shape index (κ1) is 14.0. The van der Waals surface area contributed by atoms with Gasteiger partial charge in [-0.3, -0.25) is 4.68 Å². The molecule has 0 bridgehead atoms. The Morgan fingerprint density at radius 2 is 2.28 bits per heavy atom. The van der Waals surface area contributed by atoms with Gasteiger partial charge in [0.05, 0.1) is 22.0 Å². The molecule has 4 nitrogen and oxygen atoms in total. The van der Waals surface area contributed by atoms with Gasteiger partial charge >= 0.3 is 0 Å². The number of rotatable bonds is 5. The van der Waals surface area contributed by atoms with Crippen LogP contribution in [0.15, 0.2) is 4.47 Å². The van der Waals surface area contributed by atoms with E-state index in [1.165, 1.54) is 5.69 Å². The minimum atomic E-state index is -0.0769. The molecule has 2 N–H and O–H groups in total. The molecule has 102 valence electrons. The van der Waals surface area contributed by atoms with E-state index in [4.69, 9.17) is 0 Å². The summed E-state index contributed by atoms with van der Waals surface area (Å²) >= 11 is 3.62. The smallest absolute Gasteiger partial charge is 0.0767 e. The summed E-state index contributed by atoms with van der Waals surface area (Å²) in [5.74, 6) is 0.623. The molecule has 0 spiro atoms. The molecule has 0 saturated heterocycles. The standard InChI is InChI=1S/C13H22BrN3O/c1-3-11-13(14)12(17(2)16-11)8-15-7-9-4-5-10(18)6-9/h9-10,15,18H,3-8H2,1-2H3. The van der Waals surface area contributed by atoms with Crippen molar-refractivity contribution in [3.05, 3.63) is 15.9 Å². The van der Waals surface area contributed by atoms with Gasteiger partial charge in [-0.05, 0) is 54.1 Å². The highest BCUT2D eigenvalue weighted by atomic mass is 79.9. The molecule has 1 saturated carbocycles. The average molecular weight is 316 g/mol. The van der Waals surface area contributed by atoms with Gasteiger partial charge in [-0.2, -0.15) is 5.10 Å². The van der Waals surface area contributed by atoms with Gasteiger partial charge in [-0.1, -0.05) is 6.92 Å².